The first-order chi connectivity index (χ1) is 13.2. The molecule has 1 saturated carbocycles. The van der Waals surface area contributed by atoms with E-state index in [-0.39, 0.29) is 5.91 Å². The van der Waals surface area contributed by atoms with Gasteiger partial charge in [-0.15, -0.1) is 10.2 Å². The molecule has 1 aliphatic rings. The zero-order chi connectivity index (χ0) is 19.1. The molecule has 0 bridgehead atoms. The Morgan fingerprint density at radius 3 is 2.78 bits per heavy atom. The third-order valence-electron chi connectivity index (χ3n) is 4.35. The molecule has 1 amide bonds. The number of methoxy groups -OCH3 is 1. The molecule has 146 valence electrons. The van der Waals surface area contributed by atoms with Crippen molar-refractivity contribution in [3.05, 3.63) is 29.8 Å². The van der Waals surface area contributed by atoms with Gasteiger partial charge in [0.25, 0.3) is 0 Å². The smallest absolute Gasteiger partial charge is 0.233 e. The van der Waals surface area contributed by atoms with Crippen LogP contribution in [0.4, 0.5) is 5.13 Å². The molecule has 27 heavy (non-hydrogen) atoms. The molecule has 0 aliphatic heterocycles. The maximum atomic E-state index is 12.8. The second kappa shape index (κ2) is 9.94. The number of amides is 1. The van der Waals surface area contributed by atoms with E-state index in [4.69, 9.17) is 4.74 Å². The van der Waals surface area contributed by atoms with Crippen LogP contribution in [0.1, 0.15) is 38.2 Å². The van der Waals surface area contributed by atoms with Gasteiger partial charge in [-0.3, -0.25) is 4.79 Å². The van der Waals surface area contributed by atoms with Gasteiger partial charge in [0, 0.05) is 19.1 Å². The summed E-state index contributed by atoms with van der Waals surface area (Å²) in [7, 11) is 1.66. The number of nitrogens with zero attached hydrogens (tertiary/aromatic N) is 3. The van der Waals surface area contributed by atoms with Gasteiger partial charge in [-0.1, -0.05) is 48.6 Å². The largest absolute Gasteiger partial charge is 0.497 e. The third-order valence-corrected chi connectivity index (χ3v) is 6.35. The summed E-state index contributed by atoms with van der Waals surface area (Å²) >= 11 is 2.99. The van der Waals surface area contributed by atoms with Gasteiger partial charge in [-0.2, -0.15) is 0 Å². The van der Waals surface area contributed by atoms with Crippen molar-refractivity contribution < 1.29 is 9.53 Å². The van der Waals surface area contributed by atoms with Crippen LogP contribution in [-0.4, -0.2) is 46.5 Å². The average Bonchev–Trinajstić information content (AvgIpc) is 3.43. The number of benzene rings is 1. The molecule has 1 aromatic carbocycles. The summed E-state index contributed by atoms with van der Waals surface area (Å²) in [4.78, 5) is 14.8. The maximum absolute atomic E-state index is 12.8. The summed E-state index contributed by atoms with van der Waals surface area (Å²) in [5.74, 6) is 1.39. The van der Waals surface area contributed by atoms with Gasteiger partial charge in [0.05, 0.1) is 12.9 Å². The first-order valence-electron chi connectivity index (χ1n) is 9.32. The molecule has 3 rings (SSSR count). The number of carbonyl (C=O) groups is 1. The number of rotatable bonds is 11. The molecule has 1 heterocycles. The van der Waals surface area contributed by atoms with Gasteiger partial charge >= 0.3 is 0 Å². The predicted molar refractivity (Wildman–Crippen MR) is 111 cm³/mol. The minimum atomic E-state index is 0.161. The van der Waals surface area contributed by atoms with Gasteiger partial charge in [-0.05, 0) is 37.0 Å². The number of hydrogen-bond donors (Lipinski definition) is 1. The molecule has 6 nitrogen and oxygen atoms in total. The molecule has 0 atom stereocenters. The quantitative estimate of drug-likeness (QED) is 0.449. The molecule has 1 aliphatic carbocycles. The second-order valence-electron chi connectivity index (χ2n) is 6.54. The van der Waals surface area contributed by atoms with Crippen LogP contribution in [0, 0.1) is 0 Å². The Morgan fingerprint density at radius 1 is 1.33 bits per heavy atom. The highest BCUT2D eigenvalue weighted by atomic mass is 32.2. The lowest BCUT2D eigenvalue weighted by molar-refractivity contribution is -0.129. The van der Waals surface area contributed by atoms with Crippen LogP contribution >= 0.6 is 23.1 Å². The fourth-order valence-electron chi connectivity index (χ4n) is 2.65. The van der Waals surface area contributed by atoms with Gasteiger partial charge in [0.15, 0.2) is 4.34 Å². The van der Waals surface area contributed by atoms with Crippen molar-refractivity contribution in [2.45, 2.75) is 49.5 Å². The summed E-state index contributed by atoms with van der Waals surface area (Å²) < 4.78 is 6.04. The molecule has 0 radical (unpaired) electrons. The summed E-state index contributed by atoms with van der Waals surface area (Å²) in [5.41, 5.74) is 1.12. The summed E-state index contributed by atoms with van der Waals surface area (Å²) in [6.45, 7) is 3.71. The van der Waals surface area contributed by atoms with E-state index < -0.39 is 0 Å². The Hall–Kier alpha value is -1.80. The Bertz CT molecular complexity index is 732. The number of hydrogen-bond acceptors (Lipinski definition) is 7. The normalized spacial score (nSPS) is 13.4. The highest BCUT2D eigenvalue weighted by molar-refractivity contribution is 8.01. The minimum absolute atomic E-state index is 0.161. The highest BCUT2D eigenvalue weighted by Gasteiger charge is 2.32. The molecular weight excluding hydrogens is 380 g/mol. The molecule has 0 saturated heterocycles. The van der Waals surface area contributed by atoms with E-state index >= 15 is 0 Å². The Kier molecular flexibility index (Phi) is 7.34. The van der Waals surface area contributed by atoms with E-state index in [1.165, 1.54) is 23.1 Å². The zero-order valence-electron chi connectivity index (χ0n) is 15.8. The fraction of sp³-hybridized carbons (Fsp3) is 0.526. The number of thioether (sulfide) groups is 1. The van der Waals surface area contributed by atoms with E-state index in [0.29, 0.717) is 18.3 Å². The first kappa shape index (κ1) is 19.9. The lowest BCUT2D eigenvalue weighted by Gasteiger charge is -2.22. The van der Waals surface area contributed by atoms with E-state index in [0.717, 1.165) is 53.0 Å². The lowest BCUT2D eigenvalue weighted by atomic mass is 10.2. The van der Waals surface area contributed by atoms with Gasteiger partial charge in [-0.25, -0.2) is 0 Å². The number of anilines is 1. The van der Waals surface area contributed by atoms with E-state index in [9.17, 15) is 4.79 Å². The van der Waals surface area contributed by atoms with E-state index in [2.05, 4.69) is 22.4 Å². The van der Waals surface area contributed by atoms with E-state index in [1.807, 2.05) is 29.2 Å². The van der Waals surface area contributed by atoms with Crippen LogP contribution in [0.2, 0.25) is 0 Å². The Labute approximate surface area is 168 Å². The molecular formula is C19H26N4O2S2. The molecule has 0 spiro atoms. The van der Waals surface area contributed by atoms with Crippen molar-refractivity contribution in [2.24, 2.45) is 0 Å². The Balaban J connectivity index is 1.51. The highest BCUT2D eigenvalue weighted by Crippen LogP contribution is 2.31. The van der Waals surface area contributed by atoms with Crippen molar-refractivity contribution in [3.8, 4) is 5.75 Å². The molecule has 1 N–H and O–H groups in total. The number of unbranched alkanes of at least 4 members (excludes halogenated alkanes) is 1. The number of nitrogens with one attached hydrogen (secondary N) is 1. The molecule has 2 aromatic rings. The van der Waals surface area contributed by atoms with E-state index in [1.54, 1.807) is 7.11 Å². The van der Waals surface area contributed by atoms with Crippen LogP contribution < -0.4 is 10.1 Å². The van der Waals surface area contributed by atoms with Crippen LogP contribution in [0.25, 0.3) is 0 Å². The van der Waals surface area contributed by atoms with Crippen LogP contribution in [-0.2, 0) is 11.3 Å². The SMILES string of the molecule is CCCCNc1nnc(SCC(=O)N(Cc2ccc(OC)cc2)C2CC2)s1. The predicted octanol–water partition coefficient (Wildman–Crippen LogP) is 4.04. The van der Waals surface area contributed by atoms with Crippen LogP contribution in [0.5, 0.6) is 5.75 Å². The van der Waals surface area contributed by atoms with Crippen molar-refractivity contribution in [1.29, 1.82) is 0 Å². The topological polar surface area (TPSA) is 67.4 Å². The summed E-state index contributed by atoms with van der Waals surface area (Å²) in [6.07, 6.45) is 4.45. The van der Waals surface area contributed by atoms with Crippen molar-refractivity contribution >= 4 is 34.1 Å². The second-order valence-corrected chi connectivity index (χ2v) is 8.74. The summed E-state index contributed by atoms with van der Waals surface area (Å²) in [5, 5.41) is 12.4. The average molecular weight is 407 g/mol. The molecule has 1 aromatic heterocycles. The number of carbonyl (C=O) groups excluding carboxylic acids is 1. The minimum Gasteiger partial charge on any atom is -0.497 e. The number of ether oxygens (including phenoxy) is 1. The maximum Gasteiger partial charge on any atom is 0.233 e. The molecule has 8 heteroatoms. The van der Waals surface area contributed by atoms with Crippen molar-refractivity contribution in [1.82, 2.24) is 15.1 Å². The fourth-order valence-corrected chi connectivity index (χ4v) is 4.32. The van der Waals surface area contributed by atoms with Crippen LogP contribution in [0.3, 0.4) is 0 Å². The monoisotopic (exact) mass is 406 g/mol. The van der Waals surface area contributed by atoms with Gasteiger partial charge < -0.3 is 15.0 Å². The van der Waals surface area contributed by atoms with Crippen LogP contribution in [0.15, 0.2) is 28.6 Å². The summed E-state index contributed by atoms with van der Waals surface area (Å²) in [6, 6.07) is 8.30. The molecule has 1 fully saturated rings. The standard InChI is InChI=1S/C19H26N4O2S2/c1-3-4-11-20-18-21-22-19(27-18)26-13-17(24)23(15-7-8-15)12-14-5-9-16(25-2)10-6-14/h5-6,9-10,15H,3-4,7-8,11-13H2,1-2H3,(H,20,21). The lowest BCUT2D eigenvalue weighted by Crippen LogP contribution is -2.33. The Morgan fingerprint density at radius 2 is 2.11 bits per heavy atom. The zero-order valence-corrected chi connectivity index (χ0v) is 17.4. The van der Waals surface area contributed by atoms with Crippen molar-refractivity contribution in [3.63, 3.8) is 0 Å². The third kappa shape index (κ3) is 6.10. The van der Waals surface area contributed by atoms with Crippen molar-refractivity contribution in [2.75, 3.05) is 24.7 Å². The molecule has 0 unspecified atom stereocenters. The van der Waals surface area contributed by atoms with Gasteiger partial charge in [0.1, 0.15) is 5.75 Å². The van der Waals surface area contributed by atoms with Gasteiger partial charge in [0.2, 0.25) is 11.0 Å². The first-order valence-corrected chi connectivity index (χ1v) is 11.1. The number of aromatic nitrogens is 2.